The molecule has 0 saturated carbocycles. The SMILES string of the molecule is Cc1ccc(C2=CC(=O)NC2=O)cc1.[2NH3]. The summed E-state index contributed by atoms with van der Waals surface area (Å²) in [7, 11) is 0. The fourth-order valence-electron chi connectivity index (χ4n) is 1.36. The number of amides is 2. The van der Waals surface area contributed by atoms with Gasteiger partial charge < -0.3 is 6.15 Å². The number of hydrogen-bond acceptors (Lipinski definition) is 3. The lowest BCUT2D eigenvalue weighted by atomic mass is 2.00. The first-order chi connectivity index (χ1) is 6.66. The molecule has 1 aromatic carbocycles. The highest BCUT2D eigenvalue weighted by Crippen LogP contribution is 2.18. The van der Waals surface area contributed by atoms with Crippen molar-refractivity contribution in [3.8, 4) is 0 Å². The molecule has 4 nitrogen and oxygen atoms in total. The molecule has 78 valence electrons. The van der Waals surface area contributed by atoms with Gasteiger partial charge in [-0.15, -0.1) is 0 Å². The van der Waals surface area contributed by atoms with Gasteiger partial charge in [0.05, 0.1) is 5.57 Å². The highest BCUT2D eigenvalue weighted by molar-refractivity contribution is 6.33. The number of aryl methyl sites for hydroxylation is 1. The number of benzene rings is 1. The van der Waals surface area contributed by atoms with Gasteiger partial charge >= 0.3 is 0 Å². The number of nitrogens with one attached hydrogen (secondary N) is 1. The van der Waals surface area contributed by atoms with Crippen LogP contribution in [0, 0.1) is 6.92 Å². The summed E-state index contributed by atoms with van der Waals surface area (Å²) in [6.45, 7) is 1.97. The van der Waals surface area contributed by atoms with Gasteiger partial charge in [0.15, 0.2) is 0 Å². The summed E-state index contributed by atoms with van der Waals surface area (Å²) < 4.78 is 0. The van der Waals surface area contributed by atoms with E-state index < -0.39 is 0 Å². The van der Waals surface area contributed by atoms with Crippen molar-refractivity contribution in [3.63, 3.8) is 0 Å². The van der Waals surface area contributed by atoms with Gasteiger partial charge in [0, 0.05) is 6.08 Å². The second-order valence-corrected chi connectivity index (χ2v) is 3.24. The average molecular weight is 192 g/mol. The van der Waals surface area contributed by atoms with E-state index in [1.54, 1.807) is 0 Å². The van der Waals surface area contributed by atoms with Crippen LogP contribution in [0.2, 0.25) is 0 Å². The Labute approximate surface area is 87.6 Å². The molecule has 0 aromatic heterocycles. The zero-order chi connectivity index (χ0) is 10.1. The Morgan fingerprint density at radius 3 is 2.13 bits per heavy atom. The summed E-state index contributed by atoms with van der Waals surface area (Å²) in [5.74, 6) is -0.663. The molecule has 0 fully saturated rings. The molecule has 0 bridgehead atoms. The predicted molar refractivity (Wildman–Crippen MR) is 57.3 cm³/mol. The minimum Gasteiger partial charge on any atom is -0.344 e. The smallest absolute Gasteiger partial charge is 0.258 e. The van der Waals surface area contributed by atoms with Crippen molar-refractivity contribution in [2.45, 2.75) is 6.92 Å². The second-order valence-electron chi connectivity index (χ2n) is 3.24. The first-order valence-electron chi connectivity index (χ1n) is 4.31. The van der Waals surface area contributed by atoms with Gasteiger partial charge in [0.25, 0.3) is 11.8 Å². The van der Waals surface area contributed by atoms with Crippen LogP contribution < -0.4 is 11.5 Å². The molecule has 4 N–H and O–H groups in total. The first-order valence-corrected chi connectivity index (χ1v) is 4.31. The number of rotatable bonds is 1. The molecule has 1 aliphatic rings. The van der Waals surface area contributed by atoms with Gasteiger partial charge in [0.2, 0.25) is 0 Å². The Balaban J connectivity index is 0.00000112. The van der Waals surface area contributed by atoms with Crippen LogP contribution in [0.25, 0.3) is 5.57 Å². The van der Waals surface area contributed by atoms with E-state index in [4.69, 9.17) is 0 Å². The van der Waals surface area contributed by atoms with E-state index in [1.165, 1.54) is 6.08 Å². The van der Waals surface area contributed by atoms with Crippen molar-refractivity contribution in [1.82, 2.24) is 11.5 Å². The van der Waals surface area contributed by atoms with Gasteiger partial charge in [0.1, 0.15) is 0 Å². The summed E-state index contributed by atoms with van der Waals surface area (Å²) >= 11 is 0. The Bertz CT molecular complexity index is 432. The van der Waals surface area contributed by atoms with Gasteiger partial charge in [-0.25, -0.2) is 0 Å². The lowest BCUT2D eigenvalue weighted by Crippen LogP contribution is -2.21. The molecule has 1 aliphatic heterocycles. The molecular formula is C11H12N2O2. The van der Waals surface area contributed by atoms with Gasteiger partial charge in [-0.05, 0) is 12.5 Å². The van der Waals surface area contributed by atoms with Crippen LogP contribution >= 0.6 is 0 Å². The van der Waals surface area contributed by atoms with Crippen molar-refractivity contribution in [2.75, 3.05) is 0 Å². The lowest BCUT2D eigenvalue weighted by Gasteiger charge is -1.99. The molecule has 0 atom stereocenters. The van der Waals surface area contributed by atoms with Crippen molar-refractivity contribution < 1.29 is 9.59 Å². The number of hydrogen-bond donors (Lipinski definition) is 2. The minimum atomic E-state index is -0.342. The lowest BCUT2D eigenvalue weighted by molar-refractivity contribution is -0.123. The molecule has 1 heterocycles. The Morgan fingerprint density at radius 2 is 1.67 bits per heavy atom. The topological polar surface area (TPSA) is 81.2 Å². The maximum absolute atomic E-state index is 11.3. The van der Waals surface area contributed by atoms with Crippen molar-refractivity contribution in [3.05, 3.63) is 41.5 Å². The summed E-state index contributed by atoms with van der Waals surface area (Å²) in [6.07, 6.45) is 1.33. The van der Waals surface area contributed by atoms with E-state index in [-0.39, 0.29) is 18.0 Å². The van der Waals surface area contributed by atoms with Crippen LogP contribution in [0.5, 0.6) is 0 Å². The first kappa shape index (κ1) is 11.1. The molecule has 1 aromatic rings. The molecule has 0 radical (unpaired) electrons. The third kappa shape index (κ3) is 2.11. The maximum Gasteiger partial charge on any atom is 0.258 e. The number of carbonyl (C=O) groups is 2. The van der Waals surface area contributed by atoms with Crippen LogP contribution in [-0.4, -0.2) is 11.8 Å². The normalized spacial score (nSPS) is 14.3. The minimum absolute atomic E-state index is 0. The molecule has 0 unspecified atom stereocenters. The van der Waals surface area contributed by atoms with E-state index in [9.17, 15) is 9.59 Å². The summed E-state index contributed by atoms with van der Waals surface area (Å²) in [5, 5.41) is 2.21. The molecular weight excluding hydrogens is 180 g/mol. The van der Waals surface area contributed by atoms with Crippen LogP contribution in [0.3, 0.4) is 0 Å². The zero-order valence-corrected chi connectivity index (χ0v) is 8.41. The van der Waals surface area contributed by atoms with Crippen molar-refractivity contribution >= 4 is 17.4 Å². The van der Waals surface area contributed by atoms with Gasteiger partial charge in [-0.3, -0.25) is 14.9 Å². The predicted octanol–water partition coefficient (Wildman–Crippen LogP) is 1.20. The third-order valence-electron chi connectivity index (χ3n) is 2.12. The molecule has 2 amide bonds. The van der Waals surface area contributed by atoms with Crippen LogP contribution in [-0.2, 0) is 9.59 Å². The summed E-state index contributed by atoms with van der Waals surface area (Å²) in [6, 6.07) is 7.48. The highest BCUT2D eigenvalue weighted by Gasteiger charge is 2.21. The Hall–Kier alpha value is -1.94. The summed E-state index contributed by atoms with van der Waals surface area (Å²) in [4.78, 5) is 22.2. The Morgan fingerprint density at radius 1 is 1.07 bits per heavy atom. The van der Waals surface area contributed by atoms with Crippen LogP contribution in [0.4, 0.5) is 0 Å². The van der Waals surface area contributed by atoms with Crippen LogP contribution in [0.1, 0.15) is 11.1 Å². The van der Waals surface area contributed by atoms with E-state index in [0.29, 0.717) is 5.57 Å². The molecule has 15 heavy (non-hydrogen) atoms. The van der Waals surface area contributed by atoms with Crippen LogP contribution in [0.15, 0.2) is 30.3 Å². The molecule has 2 rings (SSSR count). The largest absolute Gasteiger partial charge is 0.344 e. The molecule has 0 saturated heterocycles. The standard InChI is InChI=1S/C11H9NO2.H3N/c1-7-2-4-8(5-3-7)9-6-10(13)12-11(9)14;/h2-6H,1H3,(H,12,13,14);1H3/i;1-12. The number of imide groups is 1. The van der Waals surface area contributed by atoms with E-state index in [1.807, 2.05) is 31.2 Å². The quantitative estimate of drug-likeness (QED) is 0.656. The molecule has 0 spiro atoms. The monoisotopic (exact) mass is 192 g/mol. The molecule has 4 heteroatoms. The fourth-order valence-corrected chi connectivity index (χ4v) is 1.36. The highest BCUT2D eigenvalue weighted by atomic mass is 16.2. The van der Waals surface area contributed by atoms with E-state index in [2.05, 4.69) is 5.32 Å². The van der Waals surface area contributed by atoms with Crippen molar-refractivity contribution in [2.24, 2.45) is 0 Å². The average Bonchev–Trinajstić information content (AvgIpc) is 2.47. The summed E-state index contributed by atoms with van der Waals surface area (Å²) in [5.41, 5.74) is 2.34. The van der Waals surface area contributed by atoms with E-state index in [0.717, 1.165) is 11.1 Å². The zero-order valence-electron chi connectivity index (χ0n) is 8.41. The van der Waals surface area contributed by atoms with E-state index >= 15 is 0 Å². The second kappa shape index (κ2) is 4.06. The van der Waals surface area contributed by atoms with Gasteiger partial charge in [-0.1, -0.05) is 29.8 Å². The van der Waals surface area contributed by atoms with Gasteiger partial charge in [-0.2, -0.15) is 0 Å². The number of carbonyl (C=O) groups excluding carboxylic acids is 2. The third-order valence-corrected chi connectivity index (χ3v) is 2.12. The maximum atomic E-state index is 11.3. The van der Waals surface area contributed by atoms with Crippen molar-refractivity contribution in [1.29, 1.82) is 0 Å². The Kier molecular flexibility index (Phi) is 3.01. The fraction of sp³-hybridized carbons (Fsp3) is 0.0909. The molecule has 0 aliphatic carbocycles.